The van der Waals surface area contributed by atoms with Gasteiger partial charge in [-0.3, -0.25) is 14.6 Å². The van der Waals surface area contributed by atoms with E-state index in [9.17, 15) is 9.59 Å². The van der Waals surface area contributed by atoms with E-state index in [2.05, 4.69) is 15.6 Å². The summed E-state index contributed by atoms with van der Waals surface area (Å²) in [5.41, 5.74) is 8.37. The number of carbonyl (C=O) groups is 2. The van der Waals surface area contributed by atoms with Crippen molar-refractivity contribution in [1.29, 1.82) is 0 Å². The van der Waals surface area contributed by atoms with E-state index in [1.807, 2.05) is 54.6 Å². The third-order valence-corrected chi connectivity index (χ3v) is 6.70. The number of amides is 2. The zero-order valence-electron chi connectivity index (χ0n) is 21.3. The Morgan fingerprint density at radius 3 is 2.37 bits per heavy atom. The molecule has 0 aliphatic heterocycles. The molecule has 1 aliphatic carbocycles. The number of nitrogens with two attached hydrogens (primary N) is 1. The molecule has 4 N–H and O–H groups in total. The van der Waals surface area contributed by atoms with Crippen molar-refractivity contribution in [3.05, 3.63) is 90.3 Å². The zero-order valence-corrected chi connectivity index (χ0v) is 22.9. The summed E-state index contributed by atoms with van der Waals surface area (Å²) in [5, 5.41) is 5.91. The first-order valence-electron chi connectivity index (χ1n) is 12.6. The normalized spacial score (nSPS) is 17.2. The van der Waals surface area contributed by atoms with Gasteiger partial charge in [0.05, 0.1) is 11.9 Å². The monoisotopic (exact) mass is 558 g/mol. The Bertz CT molecular complexity index is 1130. The lowest BCUT2D eigenvalue weighted by molar-refractivity contribution is -0.130. The van der Waals surface area contributed by atoms with Crippen LogP contribution < -0.4 is 21.1 Å². The molecular formula is C29H36Cl2N4O3. The first-order chi connectivity index (χ1) is 17.6. The summed E-state index contributed by atoms with van der Waals surface area (Å²) in [6.45, 7) is 1.12. The highest BCUT2D eigenvalue weighted by molar-refractivity contribution is 5.97. The van der Waals surface area contributed by atoms with Crippen LogP contribution in [0, 0.1) is 11.8 Å². The van der Waals surface area contributed by atoms with Gasteiger partial charge in [-0.2, -0.15) is 0 Å². The molecule has 7 nitrogen and oxygen atoms in total. The minimum atomic E-state index is -0.727. The molecule has 1 heterocycles. The lowest BCUT2D eigenvalue weighted by Crippen LogP contribution is -2.48. The second-order valence-corrected chi connectivity index (χ2v) is 9.37. The topological polar surface area (TPSA) is 106 Å². The molecule has 9 heteroatoms. The van der Waals surface area contributed by atoms with Gasteiger partial charge in [-0.25, -0.2) is 0 Å². The number of benzene rings is 2. The first kappa shape index (κ1) is 31.1. The molecule has 2 amide bonds. The van der Waals surface area contributed by atoms with Gasteiger partial charge in [0.1, 0.15) is 18.4 Å². The van der Waals surface area contributed by atoms with Gasteiger partial charge in [0.2, 0.25) is 11.8 Å². The number of hydrogen-bond donors (Lipinski definition) is 3. The lowest BCUT2D eigenvalue weighted by atomic mass is 9.81. The number of anilines is 1. The van der Waals surface area contributed by atoms with E-state index in [4.69, 9.17) is 10.5 Å². The SMILES string of the molecule is Cl.Cl.NCC1CCC(C(=O)NC(Cc2cccc(OCc3ccccc3)c2)C(=O)Nc2cccnc2)CC1. The molecule has 0 spiro atoms. The number of nitrogens with one attached hydrogen (secondary N) is 2. The van der Waals surface area contributed by atoms with Crippen LogP contribution in [-0.4, -0.2) is 29.4 Å². The molecule has 38 heavy (non-hydrogen) atoms. The molecule has 1 atom stereocenters. The van der Waals surface area contributed by atoms with Gasteiger partial charge in [0.15, 0.2) is 0 Å². The summed E-state index contributed by atoms with van der Waals surface area (Å²) < 4.78 is 5.96. The van der Waals surface area contributed by atoms with E-state index in [0.29, 0.717) is 36.9 Å². The number of aromatic nitrogens is 1. The Kier molecular flexibility index (Phi) is 13.1. The Morgan fingerprint density at radius 1 is 0.947 bits per heavy atom. The average Bonchev–Trinajstić information content (AvgIpc) is 2.93. The maximum atomic E-state index is 13.2. The standard InChI is InChI=1S/C29H34N4O3.2ClH/c30-18-21-11-13-24(14-12-21)28(34)33-27(29(35)32-25-9-5-15-31-19-25)17-23-8-4-10-26(16-23)36-20-22-6-2-1-3-7-22;;/h1-10,15-16,19,21,24,27H,11-14,17-18,20,30H2,(H,32,35)(H,33,34);2*1H. The quantitative estimate of drug-likeness (QED) is 0.327. The highest BCUT2D eigenvalue weighted by Crippen LogP contribution is 2.28. The molecule has 1 saturated carbocycles. The second kappa shape index (κ2) is 16.0. The first-order valence-corrected chi connectivity index (χ1v) is 12.6. The second-order valence-electron chi connectivity index (χ2n) is 9.37. The number of ether oxygens (including phenoxy) is 1. The smallest absolute Gasteiger partial charge is 0.247 e. The third kappa shape index (κ3) is 9.31. The number of carbonyl (C=O) groups excluding carboxylic acids is 2. The number of rotatable bonds is 10. The molecule has 4 rings (SSSR count). The molecular weight excluding hydrogens is 523 g/mol. The lowest BCUT2D eigenvalue weighted by Gasteiger charge is -2.28. The predicted octanol–water partition coefficient (Wildman–Crippen LogP) is 4.94. The fourth-order valence-electron chi connectivity index (χ4n) is 4.56. The van der Waals surface area contributed by atoms with E-state index in [0.717, 1.165) is 36.8 Å². The summed E-state index contributed by atoms with van der Waals surface area (Å²) in [4.78, 5) is 30.4. The van der Waals surface area contributed by atoms with Gasteiger partial charge in [-0.1, -0.05) is 42.5 Å². The molecule has 1 aromatic heterocycles. The van der Waals surface area contributed by atoms with E-state index in [1.54, 1.807) is 24.5 Å². The van der Waals surface area contributed by atoms with Crippen molar-refractivity contribution in [3.63, 3.8) is 0 Å². The number of hydrogen-bond acceptors (Lipinski definition) is 5. The van der Waals surface area contributed by atoms with E-state index < -0.39 is 6.04 Å². The molecule has 1 aliphatic rings. The van der Waals surface area contributed by atoms with Crippen LogP contribution in [0.3, 0.4) is 0 Å². The van der Waals surface area contributed by atoms with Gasteiger partial charge in [0.25, 0.3) is 0 Å². The van der Waals surface area contributed by atoms with Crippen LogP contribution in [0.15, 0.2) is 79.1 Å². The summed E-state index contributed by atoms with van der Waals surface area (Å²) in [6.07, 6.45) is 7.07. The van der Waals surface area contributed by atoms with E-state index >= 15 is 0 Å². The van der Waals surface area contributed by atoms with E-state index in [-0.39, 0.29) is 42.5 Å². The molecule has 2 aromatic carbocycles. The van der Waals surface area contributed by atoms with Crippen LogP contribution >= 0.6 is 24.8 Å². The van der Waals surface area contributed by atoms with E-state index in [1.165, 1.54) is 0 Å². The van der Waals surface area contributed by atoms with Crippen LogP contribution in [0.2, 0.25) is 0 Å². The molecule has 204 valence electrons. The number of nitrogens with zero attached hydrogens (tertiary/aromatic N) is 1. The van der Waals surface area contributed by atoms with Crippen molar-refractivity contribution in [2.75, 3.05) is 11.9 Å². The van der Waals surface area contributed by atoms with Crippen molar-refractivity contribution < 1.29 is 14.3 Å². The zero-order chi connectivity index (χ0) is 25.2. The van der Waals surface area contributed by atoms with Crippen LogP contribution in [0.25, 0.3) is 0 Å². The largest absolute Gasteiger partial charge is 0.489 e. The third-order valence-electron chi connectivity index (χ3n) is 6.70. The minimum absolute atomic E-state index is 0. The summed E-state index contributed by atoms with van der Waals surface area (Å²) >= 11 is 0. The molecule has 0 saturated heterocycles. The predicted molar refractivity (Wildman–Crippen MR) is 155 cm³/mol. The average molecular weight is 560 g/mol. The van der Waals surface area contributed by atoms with Gasteiger partial charge in [-0.15, -0.1) is 24.8 Å². The van der Waals surface area contributed by atoms with Gasteiger partial charge in [0, 0.05) is 18.5 Å². The highest BCUT2D eigenvalue weighted by Gasteiger charge is 2.29. The van der Waals surface area contributed by atoms with Crippen LogP contribution in [0.5, 0.6) is 5.75 Å². The van der Waals surface area contributed by atoms with Crippen molar-refractivity contribution in [2.24, 2.45) is 17.6 Å². The summed E-state index contributed by atoms with van der Waals surface area (Å²) in [5.74, 6) is 0.754. The Morgan fingerprint density at radius 2 is 1.68 bits per heavy atom. The van der Waals surface area contributed by atoms with Crippen molar-refractivity contribution >= 4 is 42.3 Å². The highest BCUT2D eigenvalue weighted by atomic mass is 35.5. The maximum absolute atomic E-state index is 13.2. The minimum Gasteiger partial charge on any atom is -0.489 e. The molecule has 3 aromatic rings. The molecule has 1 fully saturated rings. The van der Waals surface area contributed by atoms with Crippen molar-refractivity contribution in [1.82, 2.24) is 10.3 Å². The molecule has 0 bridgehead atoms. The van der Waals surface area contributed by atoms with Crippen LogP contribution in [0.1, 0.15) is 36.8 Å². The van der Waals surface area contributed by atoms with Crippen molar-refractivity contribution in [3.8, 4) is 5.75 Å². The summed E-state index contributed by atoms with van der Waals surface area (Å²) in [6, 6.07) is 20.4. The van der Waals surface area contributed by atoms with Crippen LogP contribution in [0.4, 0.5) is 5.69 Å². The van der Waals surface area contributed by atoms with Crippen molar-refractivity contribution in [2.45, 2.75) is 44.8 Å². The molecule has 1 unspecified atom stereocenters. The van der Waals surface area contributed by atoms with Gasteiger partial charge >= 0.3 is 0 Å². The number of pyridine rings is 1. The van der Waals surface area contributed by atoms with Crippen LogP contribution in [-0.2, 0) is 22.6 Å². The fraction of sp³-hybridized carbons (Fsp3) is 0.345. The Balaban J connectivity index is 0.00000253. The fourth-order valence-corrected chi connectivity index (χ4v) is 4.56. The Labute approximate surface area is 236 Å². The Hall–Kier alpha value is -3.13. The molecule has 0 radical (unpaired) electrons. The number of halogens is 2. The summed E-state index contributed by atoms with van der Waals surface area (Å²) in [7, 11) is 0. The maximum Gasteiger partial charge on any atom is 0.247 e. The van der Waals surface area contributed by atoms with Gasteiger partial charge < -0.3 is 21.1 Å². The van der Waals surface area contributed by atoms with Gasteiger partial charge in [-0.05, 0) is 73.5 Å².